The van der Waals surface area contributed by atoms with E-state index in [0.29, 0.717) is 11.8 Å². The van der Waals surface area contributed by atoms with E-state index in [-0.39, 0.29) is 23.7 Å². The predicted molar refractivity (Wildman–Crippen MR) is 95.4 cm³/mol. The van der Waals surface area contributed by atoms with Crippen molar-refractivity contribution in [2.45, 2.75) is 12.6 Å². The highest BCUT2D eigenvalue weighted by atomic mass is 35.5. The molecule has 2 amide bonds. The van der Waals surface area contributed by atoms with Gasteiger partial charge >= 0.3 is 6.18 Å². The van der Waals surface area contributed by atoms with Crippen LogP contribution < -0.4 is 10.8 Å². The van der Waals surface area contributed by atoms with Gasteiger partial charge in [0.25, 0.3) is 5.91 Å². The minimum Gasteiger partial charge on any atom is -0.359 e. The first-order valence-electron chi connectivity index (χ1n) is 8.12. The van der Waals surface area contributed by atoms with E-state index in [9.17, 15) is 22.8 Å². The number of amides is 2. The fraction of sp³-hybridized carbons (Fsp3) is 0.278. The van der Waals surface area contributed by atoms with Crippen LogP contribution in [0.3, 0.4) is 0 Å². The zero-order chi connectivity index (χ0) is 20.7. The summed E-state index contributed by atoms with van der Waals surface area (Å²) in [6, 6.07) is 9.03. The van der Waals surface area contributed by atoms with Gasteiger partial charge in [-0.25, -0.2) is 5.48 Å². The molecule has 0 spiro atoms. The SMILES string of the molecule is CNC(=O)C(CONC(=O)c1ccccc1)Cc1ncc(C(F)(F)F)cc1Cl. The lowest BCUT2D eigenvalue weighted by Crippen LogP contribution is -2.35. The van der Waals surface area contributed by atoms with Crippen LogP contribution in [0, 0.1) is 5.92 Å². The van der Waals surface area contributed by atoms with Crippen molar-refractivity contribution in [2.75, 3.05) is 13.7 Å². The summed E-state index contributed by atoms with van der Waals surface area (Å²) in [7, 11) is 1.40. The summed E-state index contributed by atoms with van der Waals surface area (Å²) in [4.78, 5) is 32.8. The maximum absolute atomic E-state index is 12.7. The summed E-state index contributed by atoms with van der Waals surface area (Å²) in [6.07, 6.45) is -3.99. The fourth-order valence-corrected chi connectivity index (χ4v) is 2.54. The molecule has 150 valence electrons. The Kier molecular flexibility index (Phi) is 7.36. The van der Waals surface area contributed by atoms with Gasteiger partial charge in [0.2, 0.25) is 5.91 Å². The summed E-state index contributed by atoms with van der Waals surface area (Å²) in [5.74, 6) is -1.77. The number of halogens is 4. The number of benzene rings is 1. The molecule has 1 aromatic carbocycles. The average Bonchev–Trinajstić information content (AvgIpc) is 2.67. The number of nitrogens with one attached hydrogen (secondary N) is 2. The Bertz CT molecular complexity index is 832. The van der Waals surface area contributed by atoms with Crippen molar-refractivity contribution in [1.82, 2.24) is 15.8 Å². The maximum atomic E-state index is 12.7. The van der Waals surface area contributed by atoms with Crippen LogP contribution >= 0.6 is 11.6 Å². The van der Waals surface area contributed by atoms with Crippen LogP contribution in [0.15, 0.2) is 42.6 Å². The van der Waals surface area contributed by atoms with Crippen molar-refractivity contribution in [3.05, 3.63) is 64.4 Å². The van der Waals surface area contributed by atoms with E-state index >= 15 is 0 Å². The third-order valence-corrected chi connectivity index (χ3v) is 4.11. The number of carbonyl (C=O) groups excluding carboxylic acids is 2. The van der Waals surface area contributed by atoms with Crippen LogP contribution in [0.2, 0.25) is 5.02 Å². The van der Waals surface area contributed by atoms with Gasteiger partial charge in [0.15, 0.2) is 0 Å². The Morgan fingerprint density at radius 1 is 1.25 bits per heavy atom. The van der Waals surface area contributed by atoms with E-state index in [2.05, 4.69) is 15.8 Å². The van der Waals surface area contributed by atoms with E-state index in [0.717, 1.165) is 6.07 Å². The lowest BCUT2D eigenvalue weighted by Gasteiger charge is -2.16. The first-order valence-corrected chi connectivity index (χ1v) is 8.50. The molecule has 28 heavy (non-hydrogen) atoms. The lowest BCUT2D eigenvalue weighted by atomic mass is 10.0. The molecule has 1 unspecified atom stereocenters. The van der Waals surface area contributed by atoms with Crippen molar-refractivity contribution in [2.24, 2.45) is 5.92 Å². The smallest absolute Gasteiger partial charge is 0.359 e. The normalized spacial score (nSPS) is 12.3. The van der Waals surface area contributed by atoms with E-state index < -0.39 is 29.5 Å². The maximum Gasteiger partial charge on any atom is 0.417 e. The molecule has 1 heterocycles. The van der Waals surface area contributed by atoms with Crippen LogP contribution in [0.5, 0.6) is 0 Å². The Hall–Kier alpha value is -2.65. The number of alkyl halides is 3. The molecule has 0 aliphatic heterocycles. The molecule has 0 fully saturated rings. The van der Waals surface area contributed by atoms with E-state index in [1.807, 2.05) is 0 Å². The standard InChI is InChI=1S/C18H17ClF3N3O3/c1-23-16(26)12(10-28-25-17(27)11-5-3-2-4-6-11)7-15-14(19)8-13(9-24-15)18(20,21)22/h2-6,8-9,12H,7,10H2,1H3,(H,23,26)(H,25,27). The Balaban J connectivity index is 2.02. The Morgan fingerprint density at radius 2 is 1.93 bits per heavy atom. The summed E-state index contributed by atoms with van der Waals surface area (Å²) >= 11 is 5.89. The first kappa shape index (κ1) is 21.6. The van der Waals surface area contributed by atoms with Gasteiger partial charge in [0, 0.05) is 25.2 Å². The number of hydroxylamine groups is 1. The Labute approximate surface area is 164 Å². The highest BCUT2D eigenvalue weighted by Gasteiger charge is 2.32. The van der Waals surface area contributed by atoms with Crippen LogP contribution in [-0.2, 0) is 22.2 Å². The van der Waals surface area contributed by atoms with Crippen molar-refractivity contribution < 1.29 is 27.6 Å². The second-order valence-corrected chi connectivity index (χ2v) is 6.18. The number of rotatable bonds is 7. The van der Waals surface area contributed by atoms with Crippen molar-refractivity contribution in [1.29, 1.82) is 0 Å². The molecule has 0 saturated carbocycles. The van der Waals surface area contributed by atoms with Gasteiger partial charge in [-0.05, 0) is 18.2 Å². The van der Waals surface area contributed by atoms with Crippen molar-refractivity contribution in [3.63, 3.8) is 0 Å². The van der Waals surface area contributed by atoms with Gasteiger partial charge in [-0.1, -0.05) is 29.8 Å². The second kappa shape index (κ2) is 9.52. The van der Waals surface area contributed by atoms with Gasteiger partial charge in [-0.3, -0.25) is 19.4 Å². The molecule has 2 rings (SSSR count). The van der Waals surface area contributed by atoms with E-state index in [1.165, 1.54) is 7.05 Å². The van der Waals surface area contributed by atoms with Crippen LogP contribution in [0.25, 0.3) is 0 Å². The third-order valence-electron chi connectivity index (χ3n) is 3.79. The highest BCUT2D eigenvalue weighted by molar-refractivity contribution is 6.31. The molecular weight excluding hydrogens is 399 g/mol. The molecule has 1 aromatic heterocycles. The molecule has 2 aromatic rings. The molecule has 0 bridgehead atoms. The lowest BCUT2D eigenvalue weighted by molar-refractivity contribution is -0.138. The number of hydrogen-bond acceptors (Lipinski definition) is 4. The number of aromatic nitrogens is 1. The quantitative estimate of drug-likeness (QED) is 0.681. The molecule has 6 nitrogen and oxygen atoms in total. The molecule has 0 saturated heterocycles. The number of nitrogens with zero attached hydrogens (tertiary/aromatic N) is 1. The van der Waals surface area contributed by atoms with Gasteiger partial charge in [-0.2, -0.15) is 13.2 Å². The van der Waals surface area contributed by atoms with Crippen LogP contribution in [-0.4, -0.2) is 30.5 Å². The van der Waals surface area contributed by atoms with Gasteiger partial charge in [-0.15, -0.1) is 0 Å². The molecule has 1 atom stereocenters. The Morgan fingerprint density at radius 3 is 2.50 bits per heavy atom. The van der Waals surface area contributed by atoms with Gasteiger partial charge in [0.05, 0.1) is 28.8 Å². The minimum atomic E-state index is -4.57. The van der Waals surface area contributed by atoms with Crippen molar-refractivity contribution in [3.8, 4) is 0 Å². The molecular formula is C18H17ClF3N3O3. The predicted octanol–water partition coefficient (Wildman–Crippen LogP) is 3.02. The topological polar surface area (TPSA) is 80.3 Å². The van der Waals surface area contributed by atoms with Gasteiger partial charge < -0.3 is 5.32 Å². The molecule has 0 aliphatic rings. The zero-order valence-corrected chi connectivity index (χ0v) is 15.5. The number of hydrogen-bond donors (Lipinski definition) is 2. The molecule has 2 N–H and O–H groups in total. The first-order chi connectivity index (χ1) is 13.2. The zero-order valence-electron chi connectivity index (χ0n) is 14.7. The van der Waals surface area contributed by atoms with Gasteiger partial charge in [0.1, 0.15) is 0 Å². The summed E-state index contributed by atoms with van der Waals surface area (Å²) in [5.41, 5.74) is 1.71. The average molecular weight is 416 g/mol. The monoisotopic (exact) mass is 415 g/mol. The van der Waals surface area contributed by atoms with E-state index in [4.69, 9.17) is 16.4 Å². The largest absolute Gasteiger partial charge is 0.417 e. The molecule has 0 radical (unpaired) electrons. The summed E-state index contributed by atoms with van der Waals surface area (Å²) in [6.45, 7) is -0.225. The molecule has 10 heteroatoms. The highest BCUT2D eigenvalue weighted by Crippen LogP contribution is 2.31. The number of pyridine rings is 1. The summed E-state index contributed by atoms with van der Waals surface area (Å²) in [5, 5.41) is 2.22. The minimum absolute atomic E-state index is 0.0716. The summed E-state index contributed by atoms with van der Waals surface area (Å²) < 4.78 is 38.1. The van der Waals surface area contributed by atoms with Crippen molar-refractivity contribution >= 4 is 23.4 Å². The fourth-order valence-electron chi connectivity index (χ4n) is 2.29. The molecule has 0 aliphatic carbocycles. The third kappa shape index (κ3) is 5.93. The van der Waals surface area contributed by atoms with E-state index in [1.54, 1.807) is 30.3 Å². The van der Waals surface area contributed by atoms with Crippen LogP contribution in [0.4, 0.5) is 13.2 Å². The number of carbonyl (C=O) groups is 2. The second-order valence-electron chi connectivity index (χ2n) is 5.77. The van der Waals surface area contributed by atoms with Crippen LogP contribution in [0.1, 0.15) is 21.6 Å².